The molecule has 1 aliphatic heterocycles. The van der Waals surface area contributed by atoms with Crippen LogP contribution in [-0.2, 0) is 11.3 Å². The van der Waals surface area contributed by atoms with Crippen LogP contribution in [0.3, 0.4) is 0 Å². The van der Waals surface area contributed by atoms with Crippen LogP contribution in [-0.4, -0.2) is 62.6 Å². The van der Waals surface area contributed by atoms with Crippen molar-refractivity contribution in [2.24, 2.45) is 0 Å². The van der Waals surface area contributed by atoms with E-state index in [-0.39, 0.29) is 11.8 Å². The maximum absolute atomic E-state index is 11.0. The van der Waals surface area contributed by atoms with Gasteiger partial charge in [0.25, 0.3) is 0 Å². The van der Waals surface area contributed by atoms with Gasteiger partial charge in [-0.05, 0) is 24.1 Å². The minimum Gasteiger partial charge on any atom is -0.496 e. The van der Waals surface area contributed by atoms with Crippen molar-refractivity contribution in [2.45, 2.75) is 19.1 Å². The summed E-state index contributed by atoms with van der Waals surface area (Å²) in [5.41, 5.74) is 2.72. The molecule has 0 saturated carbocycles. The highest BCUT2D eigenvalue weighted by molar-refractivity contribution is 5.71. The van der Waals surface area contributed by atoms with Crippen LogP contribution in [0.5, 0.6) is 5.75 Å². The van der Waals surface area contributed by atoms with E-state index in [2.05, 4.69) is 25.5 Å². The Morgan fingerprint density at radius 1 is 1.34 bits per heavy atom. The fourth-order valence-corrected chi connectivity index (χ4v) is 3.41. The summed E-state index contributed by atoms with van der Waals surface area (Å²) in [5, 5.41) is 28.1. The number of amides is 1. The third-order valence-electron chi connectivity index (χ3n) is 5.06. The highest BCUT2D eigenvalue weighted by Crippen LogP contribution is 2.31. The number of carboxylic acid groups (broad SMARTS) is 1. The fraction of sp³-hybridized carbons (Fsp3) is 0.286. The number of rotatable bonds is 7. The van der Waals surface area contributed by atoms with E-state index in [0.29, 0.717) is 43.5 Å². The highest BCUT2D eigenvalue weighted by Gasteiger charge is 2.26. The molecule has 1 atom stereocenters. The van der Waals surface area contributed by atoms with Gasteiger partial charge >= 0.3 is 6.09 Å². The smallest absolute Gasteiger partial charge is 0.407 e. The zero-order valence-corrected chi connectivity index (χ0v) is 17.3. The van der Waals surface area contributed by atoms with Crippen molar-refractivity contribution in [1.29, 1.82) is 5.26 Å². The Morgan fingerprint density at radius 3 is 2.91 bits per heavy atom. The van der Waals surface area contributed by atoms with Gasteiger partial charge in [0.2, 0.25) is 0 Å². The number of aromatic nitrogens is 4. The van der Waals surface area contributed by atoms with Crippen molar-refractivity contribution in [3.63, 3.8) is 0 Å². The lowest BCUT2D eigenvalue weighted by Crippen LogP contribution is -2.28. The van der Waals surface area contributed by atoms with E-state index in [0.717, 1.165) is 16.8 Å². The SMILES string of the molecule is COc1cc(CO[C@@H]2CCN(C(=O)O)C2)ccc1-c1cc(Nc2cnc(C#N)cn2)n[nH]1. The van der Waals surface area contributed by atoms with E-state index >= 15 is 0 Å². The number of nitriles is 1. The van der Waals surface area contributed by atoms with Crippen LogP contribution in [0, 0.1) is 11.3 Å². The molecule has 3 aromatic rings. The molecule has 0 unspecified atom stereocenters. The van der Waals surface area contributed by atoms with Gasteiger partial charge in [0.1, 0.15) is 17.6 Å². The molecule has 3 heterocycles. The number of hydrogen-bond donors (Lipinski definition) is 3. The van der Waals surface area contributed by atoms with Crippen LogP contribution in [0.4, 0.5) is 16.4 Å². The van der Waals surface area contributed by atoms with Gasteiger partial charge in [-0.2, -0.15) is 10.4 Å². The first-order valence-electron chi connectivity index (χ1n) is 9.87. The molecule has 0 aliphatic carbocycles. The molecule has 1 saturated heterocycles. The lowest BCUT2D eigenvalue weighted by molar-refractivity contribution is 0.0465. The predicted molar refractivity (Wildman–Crippen MR) is 113 cm³/mol. The van der Waals surface area contributed by atoms with Gasteiger partial charge in [-0.25, -0.2) is 14.8 Å². The molecule has 0 spiro atoms. The van der Waals surface area contributed by atoms with E-state index < -0.39 is 6.09 Å². The maximum Gasteiger partial charge on any atom is 0.407 e. The quantitative estimate of drug-likeness (QED) is 0.509. The molecule has 1 aromatic carbocycles. The lowest BCUT2D eigenvalue weighted by atomic mass is 10.1. The van der Waals surface area contributed by atoms with Crippen LogP contribution in [0.2, 0.25) is 0 Å². The predicted octanol–water partition coefficient (Wildman–Crippen LogP) is 2.76. The summed E-state index contributed by atoms with van der Waals surface area (Å²) in [6, 6.07) is 9.46. The molecule has 2 aromatic heterocycles. The number of methoxy groups -OCH3 is 1. The number of ether oxygens (including phenoxy) is 2. The molecular formula is C21H21N7O4. The number of nitrogens with zero attached hydrogens (tertiary/aromatic N) is 5. The summed E-state index contributed by atoms with van der Waals surface area (Å²) in [7, 11) is 1.59. The Labute approximate surface area is 183 Å². The van der Waals surface area contributed by atoms with Gasteiger partial charge < -0.3 is 24.8 Å². The summed E-state index contributed by atoms with van der Waals surface area (Å²) in [5.74, 6) is 1.66. The van der Waals surface area contributed by atoms with E-state index in [1.54, 1.807) is 7.11 Å². The molecule has 0 bridgehead atoms. The van der Waals surface area contributed by atoms with Gasteiger partial charge in [0, 0.05) is 18.2 Å². The second-order valence-electron chi connectivity index (χ2n) is 7.18. The topological polar surface area (TPSA) is 149 Å². The summed E-state index contributed by atoms with van der Waals surface area (Å²) in [4.78, 5) is 20.5. The van der Waals surface area contributed by atoms with E-state index in [1.165, 1.54) is 17.3 Å². The van der Waals surface area contributed by atoms with Crippen molar-refractivity contribution < 1.29 is 19.4 Å². The number of nitrogens with one attached hydrogen (secondary N) is 2. The summed E-state index contributed by atoms with van der Waals surface area (Å²) < 4.78 is 11.4. The molecule has 11 nitrogen and oxygen atoms in total. The number of hydrogen-bond acceptors (Lipinski definition) is 8. The molecule has 11 heteroatoms. The second kappa shape index (κ2) is 9.32. The summed E-state index contributed by atoms with van der Waals surface area (Å²) in [6.45, 7) is 1.24. The van der Waals surface area contributed by atoms with Crippen LogP contribution >= 0.6 is 0 Å². The molecular weight excluding hydrogens is 414 g/mol. The minimum absolute atomic E-state index is 0.108. The van der Waals surface area contributed by atoms with E-state index in [1.807, 2.05) is 30.3 Å². The largest absolute Gasteiger partial charge is 0.496 e. The number of carbonyl (C=O) groups is 1. The Balaban J connectivity index is 1.41. The van der Waals surface area contributed by atoms with Crippen LogP contribution in [0.25, 0.3) is 11.3 Å². The maximum atomic E-state index is 11.0. The molecule has 32 heavy (non-hydrogen) atoms. The first-order valence-corrected chi connectivity index (χ1v) is 9.87. The number of likely N-dealkylation sites (tertiary alicyclic amines) is 1. The minimum atomic E-state index is -0.915. The van der Waals surface area contributed by atoms with Crippen molar-refractivity contribution in [2.75, 3.05) is 25.5 Å². The first kappa shape index (κ1) is 21.1. The van der Waals surface area contributed by atoms with Crippen molar-refractivity contribution in [3.8, 4) is 23.1 Å². The standard InChI is InChI=1S/C21H21N7O4/c1-31-18-6-13(12-32-15-4-5-28(11-15)21(29)30)2-3-16(18)17-7-19(27-26-17)25-20-10-23-14(8-22)9-24-20/h2-3,6-7,9-10,15H,4-5,11-12H2,1H3,(H,29,30)(H2,24,25,26,27)/t15-/m1/s1. The second-order valence-corrected chi connectivity index (χ2v) is 7.18. The van der Waals surface area contributed by atoms with Gasteiger partial charge in [0.15, 0.2) is 11.5 Å². The fourth-order valence-electron chi connectivity index (χ4n) is 3.41. The molecule has 1 fully saturated rings. The third-order valence-corrected chi connectivity index (χ3v) is 5.06. The van der Waals surface area contributed by atoms with Crippen LogP contribution in [0.15, 0.2) is 36.7 Å². The molecule has 1 amide bonds. The van der Waals surface area contributed by atoms with E-state index in [9.17, 15) is 4.79 Å². The monoisotopic (exact) mass is 435 g/mol. The normalized spacial score (nSPS) is 15.4. The van der Waals surface area contributed by atoms with E-state index in [4.69, 9.17) is 19.8 Å². The average molecular weight is 435 g/mol. The molecule has 3 N–H and O–H groups in total. The van der Waals surface area contributed by atoms with Crippen LogP contribution < -0.4 is 10.1 Å². The summed E-state index contributed by atoms with van der Waals surface area (Å²) in [6.07, 6.45) is 2.51. The van der Waals surface area contributed by atoms with Gasteiger partial charge in [-0.15, -0.1) is 0 Å². The zero-order valence-electron chi connectivity index (χ0n) is 17.3. The Kier molecular flexibility index (Phi) is 6.14. The average Bonchev–Trinajstić information content (AvgIpc) is 3.48. The zero-order chi connectivity index (χ0) is 22.5. The Hall–Kier alpha value is -4.17. The first-order chi connectivity index (χ1) is 15.6. The Morgan fingerprint density at radius 2 is 2.22 bits per heavy atom. The molecule has 4 rings (SSSR count). The van der Waals surface area contributed by atoms with Crippen molar-refractivity contribution in [1.82, 2.24) is 25.1 Å². The van der Waals surface area contributed by atoms with Gasteiger partial charge in [-0.1, -0.05) is 6.07 Å². The summed E-state index contributed by atoms with van der Waals surface area (Å²) >= 11 is 0. The highest BCUT2D eigenvalue weighted by atomic mass is 16.5. The van der Waals surface area contributed by atoms with Crippen molar-refractivity contribution in [3.05, 3.63) is 47.9 Å². The third kappa shape index (κ3) is 4.76. The molecule has 0 radical (unpaired) electrons. The number of H-pyrrole nitrogens is 1. The molecule has 1 aliphatic rings. The van der Waals surface area contributed by atoms with Gasteiger partial charge in [0.05, 0.1) is 44.5 Å². The van der Waals surface area contributed by atoms with Crippen molar-refractivity contribution >= 4 is 17.7 Å². The van der Waals surface area contributed by atoms with Gasteiger partial charge in [-0.3, -0.25) is 5.10 Å². The number of benzene rings is 1. The number of anilines is 2. The van der Waals surface area contributed by atoms with Crippen LogP contribution in [0.1, 0.15) is 17.7 Å². The molecule has 164 valence electrons. The number of aromatic amines is 1. The lowest BCUT2D eigenvalue weighted by Gasteiger charge is -2.14. The Bertz CT molecular complexity index is 1140.